The molecule has 1 aromatic rings. The highest BCUT2D eigenvalue weighted by molar-refractivity contribution is 5.78. The second kappa shape index (κ2) is 5.21. The Morgan fingerprint density at radius 3 is 2.88 bits per heavy atom. The molecule has 1 saturated heterocycles. The van der Waals surface area contributed by atoms with Crippen LogP contribution >= 0.6 is 0 Å². The summed E-state index contributed by atoms with van der Waals surface area (Å²) < 4.78 is 0. The van der Waals surface area contributed by atoms with Gasteiger partial charge >= 0.3 is 0 Å². The number of hydrogen-bond donors (Lipinski definition) is 2. The van der Waals surface area contributed by atoms with E-state index in [1.54, 1.807) is 6.07 Å². The van der Waals surface area contributed by atoms with Gasteiger partial charge in [-0.2, -0.15) is 0 Å². The molecule has 0 bridgehead atoms. The average Bonchev–Trinajstić information content (AvgIpc) is 2.73. The fraction of sp³-hybridized carbons (Fsp3) is 0.500. The Morgan fingerprint density at radius 1 is 1.47 bits per heavy atom. The van der Waals surface area contributed by atoms with Gasteiger partial charge in [-0.05, 0) is 36.3 Å². The van der Waals surface area contributed by atoms with Crippen LogP contribution < -0.4 is 5.32 Å². The van der Waals surface area contributed by atoms with Crippen LogP contribution in [0.4, 0.5) is 0 Å². The molecule has 3 nitrogen and oxygen atoms in total. The first-order valence-electron chi connectivity index (χ1n) is 6.21. The van der Waals surface area contributed by atoms with Crippen LogP contribution in [-0.4, -0.2) is 17.6 Å². The zero-order chi connectivity index (χ0) is 12.3. The lowest BCUT2D eigenvalue weighted by Gasteiger charge is -2.15. The summed E-state index contributed by atoms with van der Waals surface area (Å²) in [7, 11) is 0. The molecule has 2 N–H and O–H groups in total. The van der Waals surface area contributed by atoms with Crippen molar-refractivity contribution in [2.75, 3.05) is 6.54 Å². The summed E-state index contributed by atoms with van der Waals surface area (Å²) in [4.78, 5) is 11.1. The Bertz CT molecular complexity index is 403. The van der Waals surface area contributed by atoms with Crippen LogP contribution in [0, 0.1) is 5.92 Å². The molecule has 2 unspecified atom stereocenters. The van der Waals surface area contributed by atoms with E-state index in [0.29, 0.717) is 24.0 Å². The van der Waals surface area contributed by atoms with Crippen molar-refractivity contribution in [1.82, 2.24) is 5.32 Å². The van der Waals surface area contributed by atoms with E-state index < -0.39 is 0 Å². The smallest absolute Gasteiger partial charge is 0.220 e. The molecule has 0 spiro atoms. The lowest BCUT2D eigenvalue weighted by molar-refractivity contribution is -0.119. The van der Waals surface area contributed by atoms with Gasteiger partial charge in [-0.1, -0.05) is 25.1 Å². The maximum Gasteiger partial charge on any atom is 0.220 e. The van der Waals surface area contributed by atoms with Crippen LogP contribution in [0.2, 0.25) is 0 Å². The third-order valence-corrected chi connectivity index (χ3v) is 3.54. The van der Waals surface area contributed by atoms with Gasteiger partial charge in [-0.3, -0.25) is 4.79 Å². The Balaban J connectivity index is 1.87. The second-order valence-corrected chi connectivity index (χ2v) is 4.91. The first-order valence-corrected chi connectivity index (χ1v) is 6.21. The largest absolute Gasteiger partial charge is 0.508 e. The number of hydrogen-bond acceptors (Lipinski definition) is 2. The zero-order valence-electron chi connectivity index (χ0n) is 10.1. The summed E-state index contributed by atoms with van der Waals surface area (Å²) >= 11 is 0. The SMILES string of the molecule is CC(CCC1CNC(=O)C1)c1ccccc1O. The second-order valence-electron chi connectivity index (χ2n) is 4.91. The highest BCUT2D eigenvalue weighted by Gasteiger charge is 2.22. The minimum Gasteiger partial charge on any atom is -0.508 e. The van der Waals surface area contributed by atoms with Gasteiger partial charge in [0.05, 0.1) is 0 Å². The molecule has 1 aliphatic heterocycles. The van der Waals surface area contributed by atoms with E-state index in [0.717, 1.165) is 24.9 Å². The topological polar surface area (TPSA) is 49.3 Å². The lowest BCUT2D eigenvalue weighted by atomic mass is 9.91. The lowest BCUT2D eigenvalue weighted by Crippen LogP contribution is -2.14. The number of nitrogens with one attached hydrogen (secondary N) is 1. The van der Waals surface area contributed by atoms with Crippen molar-refractivity contribution in [1.29, 1.82) is 0 Å². The molecular weight excluding hydrogens is 214 g/mol. The fourth-order valence-electron chi connectivity index (χ4n) is 2.41. The van der Waals surface area contributed by atoms with Gasteiger partial charge in [-0.25, -0.2) is 0 Å². The van der Waals surface area contributed by atoms with Crippen molar-refractivity contribution in [3.8, 4) is 5.75 Å². The number of aromatic hydroxyl groups is 1. The van der Waals surface area contributed by atoms with E-state index in [1.165, 1.54) is 0 Å². The van der Waals surface area contributed by atoms with E-state index in [4.69, 9.17) is 0 Å². The van der Waals surface area contributed by atoms with Gasteiger partial charge in [-0.15, -0.1) is 0 Å². The maximum atomic E-state index is 11.1. The molecule has 2 rings (SSSR count). The monoisotopic (exact) mass is 233 g/mol. The van der Waals surface area contributed by atoms with Crippen LogP contribution in [0.3, 0.4) is 0 Å². The zero-order valence-corrected chi connectivity index (χ0v) is 10.1. The minimum absolute atomic E-state index is 0.171. The summed E-state index contributed by atoms with van der Waals surface area (Å²) in [6, 6.07) is 7.49. The number of benzene rings is 1. The van der Waals surface area contributed by atoms with Crippen molar-refractivity contribution < 1.29 is 9.90 Å². The third kappa shape index (κ3) is 2.99. The Kier molecular flexibility index (Phi) is 3.67. The molecule has 0 radical (unpaired) electrons. The van der Waals surface area contributed by atoms with E-state index in [9.17, 15) is 9.90 Å². The molecular formula is C14H19NO2. The molecule has 1 aromatic carbocycles. The minimum atomic E-state index is 0.171. The molecule has 1 aliphatic rings. The van der Waals surface area contributed by atoms with Crippen LogP contribution in [0.15, 0.2) is 24.3 Å². The van der Waals surface area contributed by atoms with Gasteiger partial charge in [0.15, 0.2) is 0 Å². The summed E-state index contributed by atoms with van der Waals surface area (Å²) in [5.41, 5.74) is 1.00. The molecule has 3 heteroatoms. The van der Waals surface area contributed by atoms with Gasteiger partial charge in [0.1, 0.15) is 5.75 Å². The van der Waals surface area contributed by atoms with Crippen LogP contribution in [0.5, 0.6) is 5.75 Å². The normalized spacial score (nSPS) is 21.2. The highest BCUT2D eigenvalue weighted by atomic mass is 16.3. The summed E-state index contributed by atoms with van der Waals surface area (Å²) in [6.07, 6.45) is 2.71. The van der Waals surface area contributed by atoms with E-state index in [2.05, 4.69) is 12.2 Å². The molecule has 92 valence electrons. The molecule has 0 aliphatic carbocycles. The Hall–Kier alpha value is -1.51. The number of carbonyl (C=O) groups excluding carboxylic acids is 1. The number of phenols is 1. The van der Waals surface area contributed by atoms with Crippen molar-refractivity contribution in [2.45, 2.75) is 32.1 Å². The molecule has 1 fully saturated rings. The first kappa shape index (κ1) is 12.0. The fourth-order valence-corrected chi connectivity index (χ4v) is 2.41. The van der Waals surface area contributed by atoms with Crippen molar-refractivity contribution in [2.24, 2.45) is 5.92 Å². The van der Waals surface area contributed by atoms with Gasteiger partial charge in [0.2, 0.25) is 5.91 Å². The quantitative estimate of drug-likeness (QED) is 0.839. The average molecular weight is 233 g/mol. The van der Waals surface area contributed by atoms with Gasteiger partial charge in [0, 0.05) is 13.0 Å². The summed E-state index contributed by atoms with van der Waals surface area (Å²) in [5, 5.41) is 12.6. The molecule has 2 atom stereocenters. The van der Waals surface area contributed by atoms with Gasteiger partial charge < -0.3 is 10.4 Å². The van der Waals surface area contributed by atoms with Crippen molar-refractivity contribution in [3.63, 3.8) is 0 Å². The van der Waals surface area contributed by atoms with Crippen LogP contribution in [0.25, 0.3) is 0 Å². The summed E-state index contributed by atoms with van der Waals surface area (Å²) in [6.45, 7) is 2.94. The first-order chi connectivity index (χ1) is 8.16. The number of para-hydroxylation sites is 1. The van der Waals surface area contributed by atoms with E-state index >= 15 is 0 Å². The number of phenolic OH excluding ortho intramolecular Hbond substituents is 1. The molecule has 0 aromatic heterocycles. The van der Waals surface area contributed by atoms with E-state index in [1.807, 2.05) is 18.2 Å². The Labute approximate surface area is 102 Å². The predicted molar refractivity (Wildman–Crippen MR) is 66.9 cm³/mol. The standard InChI is InChI=1S/C14H19NO2/c1-10(12-4-2-3-5-13(12)16)6-7-11-8-14(17)15-9-11/h2-5,10-11,16H,6-9H2,1H3,(H,15,17). The van der Waals surface area contributed by atoms with Crippen molar-refractivity contribution in [3.05, 3.63) is 29.8 Å². The number of amides is 1. The molecule has 17 heavy (non-hydrogen) atoms. The van der Waals surface area contributed by atoms with E-state index in [-0.39, 0.29) is 5.91 Å². The van der Waals surface area contributed by atoms with Gasteiger partial charge in [0.25, 0.3) is 0 Å². The number of rotatable bonds is 4. The van der Waals surface area contributed by atoms with Crippen molar-refractivity contribution >= 4 is 5.91 Å². The predicted octanol–water partition coefficient (Wildman–Crippen LogP) is 2.41. The maximum absolute atomic E-state index is 11.1. The number of carbonyl (C=O) groups is 1. The Morgan fingerprint density at radius 2 is 2.24 bits per heavy atom. The summed E-state index contributed by atoms with van der Waals surface area (Å²) in [5.74, 6) is 1.36. The molecule has 1 heterocycles. The van der Waals surface area contributed by atoms with Crippen LogP contribution in [0.1, 0.15) is 37.7 Å². The van der Waals surface area contributed by atoms with Crippen LogP contribution in [-0.2, 0) is 4.79 Å². The molecule has 0 saturated carbocycles. The third-order valence-electron chi connectivity index (χ3n) is 3.54. The highest BCUT2D eigenvalue weighted by Crippen LogP contribution is 2.30. The molecule has 1 amide bonds.